The number of carbonyl (C=O) groups is 2. The molecule has 0 radical (unpaired) electrons. The van der Waals surface area contributed by atoms with Crippen LogP contribution in [0.15, 0.2) is 60.8 Å². The predicted molar refractivity (Wildman–Crippen MR) is 110 cm³/mol. The Kier molecular flexibility index (Phi) is 5.42. The number of piperidine rings is 1. The van der Waals surface area contributed by atoms with E-state index in [1.165, 1.54) is 10.9 Å². The highest BCUT2D eigenvalue weighted by atomic mass is 16.2. The van der Waals surface area contributed by atoms with Crippen molar-refractivity contribution >= 4 is 22.7 Å². The smallest absolute Gasteiger partial charge is 0.253 e. The van der Waals surface area contributed by atoms with Crippen molar-refractivity contribution in [2.75, 3.05) is 19.6 Å². The van der Waals surface area contributed by atoms with Crippen LogP contribution in [0, 0.1) is 5.92 Å². The molecule has 0 atom stereocenters. The molecule has 144 valence electrons. The summed E-state index contributed by atoms with van der Waals surface area (Å²) in [5.41, 5.74) is 3.06. The van der Waals surface area contributed by atoms with Crippen LogP contribution in [0.5, 0.6) is 0 Å². The van der Waals surface area contributed by atoms with Gasteiger partial charge in [0.05, 0.1) is 0 Å². The number of fused-ring (bicyclic) bond motifs is 1. The van der Waals surface area contributed by atoms with E-state index < -0.39 is 0 Å². The zero-order chi connectivity index (χ0) is 19.3. The van der Waals surface area contributed by atoms with Crippen LogP contribution in [0.1, 0.15) is 28.8 Å². The highest BCUT2D eigenvalue weighted by Crippen LogP contribution is 2.20. The van der Waals surface area contributed by atoms with Crippen LogP contribution in [0.4, 0.5) is 0 Å². The lowest BCUT2D eigenvalue weighted by Gasteiger charge is -2.31. The molecule has 0 unspecified atom stereocenters. The summed E-state index contributed by atoms with van der Waals surface area (Å²) in [7, 11) is 0. The van der Waals surface area contributed by atoms with Crippen molar-refractivity contribution in [1.82, 2.24) is 15.2 Å². The molecule has 28 heavy (non-hydrogen) atoms. The molecule has 0 spiro atoms. The summed E-state index contributed by atoms with van der Waals surface area (Å²) >= 11 is 0. The van der Waals surface area contributed by atoms with Gasteiger partial charge in [-0.2, -0.15) is 0 Å². The molecule has 1 fully saturated rings. The van der Waals surface area contributed by atoms with Gasteiger partial charge in [0.25, 0.3) is 5.91 Å². The molecule has 0 bridgehead atoms. The summed E-state index contributed by atoms with van der Waals surface area (Å²) in [5, 5.41) is 4.29. The first-order valence-corrected chi connectivity index (χ1v) is 9.89. The molecule has 0 saturated carbocycles. The number of amides is 2. The quantitative estimate of drug-likeness (QED) is 0.718. The van der Waals surface area contributed by atoms with Gasteiger partial charge < -0.3 is 15.2 Å². The topological polar surface area (TPSA) is 65.2 Å². The fraction of sp³-hybridized carbons (Fsp3) is 0.304. The summed E-state index contributed by atoms with van der Waals surface area (Å²) < 4.78 is 0. The molecule has 5 nitrogen and oxygen atoms in total. The molecule has 2 aromatic carbocycles. The van der Waals surface area contributed by atoms with Gasteiger partial charge in [-0.15, -0.1) is 0 Å². The number of benzene rings is 2. The van der Waals surface area contributed by atoms with Gasteiger partial charge in [-0.05, 0) is 43.0 Å². The molecule has 2 amide bonds. The standard InChI is InChI=1S/C23H25N3O2/c27-22(24-13-10-19-16-25-21-9-5-4-8-20(19)21)17-11-14-26(15-12-17)23(28)18-6-2-1-3-7-18/h1-9,16-17,25H,10-15H2,(H,24,27). The van der Waals surface area contributed by atoms with Crippen LogP contribution < -0.4 is 5.32 Å². The third-order valence-electron chi connectivity index (χ3n) is 5.54. The van der Waals surface area contributed by atoms with Crippen molar-refractivity contribution in [2.24, 2.45) is 5.92 Å². The minimum Gasteiger partial charge on any atom is -0.361 e. The number of para-hydroxylation sites is 1. The Morgan fingerprint density at radius 1 is 1.00 bits per heavy atom. The van der Waals surface area contributed by atoms with Gasteiger partial charge in [-0.1, -0.05) is 36.4 Å². The van der Waals surface area contributed by atoms with Crippen molar-refractivity contribution < 1.29 is 9.59 Å². The molecule has 1 saturated heterocycles. The van der Waals surface area contributed by atoms with Crippen LogP contribution >= 0.6 is 0 Å². The van der Waals surface area contributed by atoms with Gasteiger partial charge in [0.2, 0.25) is 5.91 Å². The van der Waals surface area contributed by atoms with E-state index in [2.05, 4.69) is 22.4 Å². The van der Waals surface area contributed by atoms with E-state index in [4.69, 9.17) is 0 Å². The fourth-order valence-corrected chi connectivity index (χ4v) is 3.91. The molecule has 1 aliphatic heterocycles. The number of rotatable bonds is 5. The Morgan fingerprint density at radius 2 is 1.71 bits per heavy atom. The number of nitrogens with one attached hydrogen (secondary N) is 2. The highest BCUT2D eigenvalue weighted by Gasteiger charge is 2.27. The van der Waals surface area contributed by atoms with Gasteiger partial charge >= 0.3 is 0 Å². The van der Waals surface area contributed by atoms with Gasteiger partial charge in [-0.25, -0.2) is 0 Å². The van der Waals surface area contributed by atoms with Crippen LogP contribution in [-0.4, -0.2) is 41.3 Å². The Labute approximate surface area is 164 Å². The maximum absolute atomic E-state index is 12.5. The molecular formula is C23H25N3O2. The van der Waals surface area contributed by atoms with Gasteiger partial charge in [0, 0.05) is 48.2 Å². The summed E-state index contributed by atoms with van der Waals surface area (Å²) in [5.74, 6) is 0.147. The number of nitrogens with zero attached hydrogens (tertiary/aromatic N) is 1. The molecular weight excluding hydrogens is 350 g/mol. The minimum absolute atomic E-state index is 0.0113. The first-order valence-electron chi connectivity index (χ1n) is 9.89. The van der Waals surface area contributed by atoms with E-state index >= 15 is 0 Å². The van der Waals surface area contributed by atoms with Crippen molar-refractivity contribution in [2.45, 2.75) is 19.3 Å². The van der Waals surface area contributed by atoms with Crippen LogP contribution in [0.3, 0.4) is 0 Å². The maximum atomic E-state index is 12.5. The fourth-order valence-electron chi connectivity index (χ4n) is 3.91. The molecule has 2 N–H and O–H groups in total. The van der Waals surface area contributed by atoms with Crippen LogP contribution in [-0.2, 0) is 11.2 Å². The summed E-state index contributed by atoms with van der Waals surface area (Å²) in [6.45, 7) is 1.90. The first kappa shape index (κ1) is 18.3. The predicted octanol–water partition coefficient (Wildman–Crippen LogP) is 3.38. The van der Waals surface area contributed by atoms with Crippen molar-refractivity contribution in [3.8, 4) is 0 Å². The minimum atomic E-state index is -0.0113. The van der Waals surface area contributed by atoms with Crippen molar-refractivity contribution in [1.29, 1.82) is 0 Å². The number of aromatic nitrogens is 1. The second-order valence-electron chi connectivity index (χ2n) is 7.33. The van der Waals surface area contributed by atoms with Gasteiger partial charge in [0.15, 0.2) is 0 Å². The van der Waals surface area contributed by atoms with Crippen molar-refractivity contribution in [3.05, 3.63) is 71.9 Å². The van der Waals surface area contributed by atoms with Gasteiger partial charge in [-0.3, -0.25) is 9.59 Å². The molecule has 5 heteroatoms. The second kappa shape index (κ2) is 8.30. The average Bonchev–Trinajstić information content (AvgIpc) is 3.17. The Morgan fingerprint density at radius 3 is 2.50 bits per heavy atom. The molecule has 2 heterocycles. The lowest BCUT2D eigenvalue weighted by molar-refractivity contribution is -0.126. The van der Waals surface area contributed by atoms with E-state index in [1.54, 1.807) is 0 Å². The number of H-pyrrole nitrogens is 1. The molecule has 3 aromatic rings. The zero-order valence-electron chi connectivity index (χ0n) is 15.9. The molecule has 4 rings (SSSR count). The third-order valence-corrected chi connectivity index (χ3v) is 5.54. The number of likely N-dealkylation sites (tertiary alicyclic amines) is 1. The van der Waals surface area contributed by atoms with E-state index in [0.717, 1.165) is 24.8 Å². The number of aromatic amines is 1. The molecule has 0 aliphatic carbocycles. The maximum Gasteiger partial charge on any atom is 0.253 e. The average molecular weight is 375 g/mol. The lowest BCUT2D eigenvalue weighted by Crippen LogP contribution is -2.43. The monoisotopic (exact) mass is 375 g/mol. The zero-order valence-corrected chi connectivity index (χ0v) is 15.9. The Hall–Kier alpha value is -3.08. The lowest BCUT2D eigenvalue weighted by atomic mass is 9.95. The highest BCUT2D eigenvalue weighted by molar-refractivity contribution is 5.94. The normalized spacial score (nSPS) is 14.9. The number of hydrogen-bond donors (Lipinski definition) is 2. The Balaban J connectivity index is 1.25. The summed E-state index contributed by atoms with van der Waals surface area (Å²) in [4.78, 5) is 30.1. The largest absolute Gasteiger partial charge is 0.361 e. The SMILES string of the molecule is O=C(NCCc1c[nH]c2ccccc12)C1CCN(C(=O)c2ccccc2)CC1. The van der Waals surface area contributed by atoms with Crippen molar-refractivity contribution in [3.63, 3.8) is 0 Å². The number of hydrogen-bond acceptors (Lipinski definition) is 2. The molecule has 1 aliphatic rings. The summed E-state index contributed by atoms with van der Waals surface area (Å²) in [6, 6.07) is 17.5. The Bertz CT molecular complexity index is 956. The first-order chi connectivity index (χ1) is 13.7. The van der Waals surface area contributed by atoms with E-state index in [9.17, 15) is 9.59 Å². The number of carbonyl (C=O) groups excluding carboxylic acids is 2. The molecule has 1 aromatic heterocycles. The second-order valence-corrected chi connectivity index (χ2v) is 7.33. The van der Waals surface area contributed by atoms with Crippen LogP contribution in [0.25, 0.3) is 10.9 Å². The van der Waals surface area contributed by atoms with Crippen LogP contribution in [0.2, 0.25) is 0 Å². The van der Waals surface area contributed by atoms with E-state index in [0.29, 0.717) is 25.2 Å². The summed E-state index contributed by atoms with van der Waals surface area (Å²) in [6.07, 6.45) is 4.26. The third kappa shape index (κ3) is 3.93. The van der Waals surface area contributed by atoms with E-state index in [1.807, 2.05) is 53.6 Å². The van der Waals surface area contributed by atoms with E-state index in [-0.39, 0.29) is 17.7 Å². The van der Waals surface area contributed by atoms with Gasteiger partial charge in [0.1, 0.15) is 0 Å².